The molecular weight excluding hydrogens is 206 g/mol. The van der Waals surface area contributed by atoms with E-state index in [0.717, 1.165) is 5.69 Å². The topological polar surface area (TPSA) is 67.0 Å². The van der Waals surface area contributed by atoms with Crippen LogP contribution in [-0.4, -0.2) is 29.3 Å². The van der Waals surface area contributed by atoms with Gasteiger partial charge in [-0.3, -0.25) is 15.2 Å². The number of aromatic amines is 1. The normalized spacial score (nSPS) is 14.8. The van der Waals surface area contributed by atoms with E-state index < -0.39 is 0 Å². The predicted molar refractivity (Wildman–Crippen MR) is 60.8 cm³/mol. The van der Waals surface area contributed by atoms with Crippen molar-refractivity contribution < 1.29 is 9.53 Å². The summed E-state index contributed by atoms with van der Waals surface area (Å²) in [5.41, 5.74) is 0.953. The number of esters is 1. The second-order valence-electron chi connectivity index (χ2n) is 4.15. The Labute approximate surface area is 95.6 Å². The van der Waals surface area contributed by atoms with Crippen molar-refractivity contribution in [1.82, 2.24) is 15.5 Å². The third-order valence-electron chi connectivity index (χ3n) is 2.54. The van der Waals surface area contributed by atoms with Gasteiger partial charge in [0, 0.05) is 12.2 Å². The number of nitrogens with one attached hydrogen (secondary N) is 2. The average molecular weight is 225 g/mol. The van der Waals surface area contributed by atoms with Gasteiger partial charge >= 0.3 is 5.97 Å². The number of methoxy groups -OCH3 is 1. The van der Waals surface area contributed by atoms with E-state index in [9.17, 15) is 4.79 Å². The third kappa shape index (κ3) is 3.06. The van der Waals surface area contributed by atoms with Gasteiger partial charge in [0.2, 0.25) is 0 Å². The Bertz CT molecular complexity index is 322. The average Bonchev–Trinajstić information content (AvgIpc) is 2.77. The summed E-state index contributed by atoms with van der Waals surface area (Å²) in [6.45, 7) is 5.94. The first kappa shape index (κ1) is 12.7. The number of nitrogens with zero attached hydrogens (tertiary/aromatic N) is 1. The first-order valence-corrected chi connectivity index (χ1v) is 5.39. The summed E-state index contributed by atoms with van der Waals surface area (Å²) in [5.74, 6) is -0.0563. The molecule has 0 aromatic carbocycles. The van der Waals surface area contributed by atoms with E-state index in [4.69, 9.17) is 4.74 Å². The van der Waals surface area contributed by atoms with Crippen LogP contribution < -0.4 is 5.32 Å². The first-order valence-electron chi connectivity index (χ1n) is 5.39. The van der Waals surface area contributed by atoms with Crippen LogP contribution in [0.5, 0.6) is 0 Å². The monoisotopic (exact) mass is 225 g/mol. The molecule has 1 aromatic heterocycles. The maximum absolute atomic E-state index is 11.5. The summed E-state index contributed by atoms with van der Waals surface area (Å²) in [6, 6.07) is 1.61. The number of ether oxygens (including phenoxy) is 1. The van der Waals surface area contributed by atoms with Crippen LogP contribution in [0.4, 0.5) is 0 Å². The molecule has 2 atom stereocenters. The SMILES string of the molecule is COC(=O)C(NC(C)c1ccn[nH]1)C(C)C. The summed E-state index contributed by atoms with van der Waals surface area (Å²) < 4.78 is 4.76. The maximum atomic E-state index is 11.5. The highest BCUT2D eigenvalue weighted by molar-refractivity contribution is 5.76. The lowest BCUT2D eigenvalue weighted by molar-refractivity contribution is -0.144. The van der Waals surface area contributed by atoms with Gasteiger partial charge in [0.15, 0.2) is 0 Å². The molecule has 0 aliphatic rings. The minimum absolute atomic E-state index is 0.0361. The molecule has 0 radical (unpaired) electrons. The molecule has 90 valence electrons. The van der Waals surface area contributed by atoms with Crippen molar-refractivity contribution in [3.63, 3.8) is 0 Å². The minimum Gasteiger partial charge on any atom is -0.468 e. The molecule has 0 aliphatic carbocycles. The van der Waals surface area contributed by atoms with Gasteiger partial charge in [-0.05, 0) is 18.9 Å². The lowest BCUT2D eigenvalue weighted by atomic mass is 10.0. The summed E-state index contributed by atoms with van der Waals surface area (Å²) in [6.07, 6.45) is 1.69. The first-order chi connectivity index (χ1) is 7.56. The Morgan fingerprint density at radius 2 is 2.19 bits per heavy atom. The quantitative estimate of drug-likeness (QED) is 0.740. The van der Waals surface area contributed by atoms with Gasteiger partial charge in [0.05, 0.1) is 12.8 Å². The van der Waals surface area contributed by atoms with Crippen LogP contribution in [-0.2, 0) is 9.53 Å². The van der Waals surface area contributed by atoms with E-state index in [2.05, 4.69) is 15.5 Å². The molecule has 0 amide bonds. The largest absolute Gasteiger partial charge is 0.468 e. The van der Waals surface area contributed by atoms with Crippen LogP contribution in [0.3, 0.4) is 0 Å². The molecule has 16 heavy (non-hydrogen) atoms. The third-order valence-corrected chi connectivity index (χ3v) is 2.54. The number of hydrogen-bond donors (Lipinski definition) is 2. The zero-order valence-electron chi connectivity index (χ0n) is 10.2. The molecule has 0 bridgehead atoms. The number of H-pyrrole nitrogens is 1. The molecule has 1 heterocycles. The fraction of sp³-hybridized carbons (Fsp3) is 0.636. The van der Waals surface area contributed by atoms with Crippen LogP contribution in [0.15, 0.2) is 12.3 Å². The van der Waals surface area contributed by atoms with Crippen LogP contribution in [0, 0.1) is 5.92 Å². The summed E-state index contributed by atoms with van der Waals surface area (Å²) in [4.78, 5) is 11.5. The molecule has 5 heteroatoms. The van der Waals surface area contributed by atoms with Gasteiger partial charge < -0.3 is 4.74 Å². The lowest BCUT2D eigenvalue weighted by Crippen LogP contribution is -2.43. The van der Waals surface area contributed by atoms with Gasteiger partial charge in [-0.1, -0.05) is 13.8 Å². The van der Waals surface area contributed by atoms with Crippen LogP contribution in [0.2, 0.25) is 0 Å². The van der Waals surface area contributed by atoms with Gasteiger partial charge in [-0.25, -0.2) is 0 Å². The number of carbonyl (C=O) groups excluding carboxylic acids is 1. The van der Waals surface area contributed by atoms with Gasteiger partial charge in [0.25, 0.3) is 0 Å². The highest BCUT2D eigenvalue weighted by Crippen LogP contribution is 2.12. The zero-order chi connectivity index (χ0) is 12.1. The van der Waals surface area contributed by atoms with E-state index in [1.165, 1.54) is 7.11 Å². The van der Waals surface area contributed by atoms with Crippen molar-refractivity contribution in [2.45, 2.75) is 32.9 Å². The highest BCUT2D eigenvalue weighted by Gasteiger charge is 2.25. The van der Waals surface area contributed by atoms with E-state index in [1.807, 2.05) is 26.8 Å². The molecule has 0 fully saturated rings. The smallest absolute Gasteiger partial charge is 0.323 e. The zero-order valence-corrected chi connectivity index (χ0v) is 10.2. The number of aromatic nitrogens is 2. The second-order valence-corrected chi connectivity index (χ2v) is 4.15. The molecule has 0 saturated heterocycles. The Morgan fingerprint density at radius 1 is 1.50 bits per heavy atom. The second kappa shape index (κ2) is 5.65. The number of hydrogen-bond acceptors (Lipinski definition) is 4. The molecule has 0 aliphatic heterocycles. The van der Waals surface area contributed by atoms with Gasteiger partial charge in [-0.2, -0.15) is 5.10 Å². The molecule has 1 aromatic rings. The maximum Gasteiger partial charge on any atom is 0.323 e. The Hall–Kier alpha value is -1.36. The summed E-state index contributed by atoms with van der Waals surface area (Å²) in [7, 11) is 1.40. The standard InChI is InChI=1S/C11H19N3O2/c1-7(2)10(11(15)16-4)13-8(3)9-5-6-12-14-9/h5-8,10,13H,1-4H3,(H,12,14). The van der Waals surface area contributed by atoms with Crippen molar-refractivity contribution in [3.05, 3.63) is 18.0 Å². The molecule has 2 unspecified atom stereocenters. The summed E-state index contributed by atoms with van der Waals surface area (Å²) in [5, 5.41) is 9.98. The number of rotatable bonds is 5. The van der Waals surface area contributed by atoms with Crippen LogP contribution >= 0.6 is 0 Å². The van der Waals surface area contributed by atoms with E-state index in [0.29, 0.717) is 0 Å². The fourth-order valence-corrected chi connectivity index (χ4v) is 1.53. The van der Waals surface area contributed by atoms with Gasteiger partial charge in [-0.15, -0.1) is 0 Å². The molecule has 0 spiro atoms. The molecule has 1 rings (SSSR count). The van der Waals surface area contributed by atoms with Gasteiger partial charge in [0.1, 0.15) is 6.04 Å². The van der Waals surface area contributed by atoms with E-state index >= 15 is 0 Å². The fourth-order valence-electron chi connectivity index (χ4n) is 1.53. The Morgan fingerprint density at radius 3 is 2.62 bits per heavy atom. The molecule has 5 nitrogen and oxygen atoms in total. The minimum atomic E-state index is -0.303. The summed E-state index contributed by atoms with van der Waals surface area (Å²) >= 11 is 0. The van der Waals surface area contributed by atoms with Crippen molar-refractivity contribution in [1.29, 1.82) is 0 Å². The lowest BCUT2D eigenvalue weighted by Gasteiger charge is -2.23. The van der Waals surface area contributed by atoms with Crippen molar-refractivity contribution in [2.24, 2.45) is 5.92 Å². The predicted octanol–water partition coefficient (Wildman–Crippen LogP) is 1.26. The molecule has 2 N–H and O–H groups in total. The van der Waals surface area contributed by atoms with Crippen LogP contribution in [0.25, 0.3) is 0 Å². The van der Waals surface area contributed by atoms with E-state index in [-0.39, 0.29) is 24.0 Å². The van der Waals surface area contributed by atoms with Crippen molar-refractivity contribution in [2.75, 3.05) is 7.11 Å². The number of carbonyl (C=O) groups is 1. The van der Waals surface area contributed by atoms with Crippen molar-refractivity contribution in [3.8, 4) is 0 Å². The Kier molecular flexibility index (Phi) is 4.49. The van der Waals surface area contributed by atoms with Crippen molar-refractivity contribution >= 4 is 5.97 Å². The molecular formula is C11H19N3O2. The van der Waals surface area contributed by atoms with E-state index in [1.54, 1.807) is 6.20 Å². The molecule has 0 saturated carbocycles. The van der Waals surface area contributed by atoms with Crippen LogP contribution in [0.1, 0.15) is 32.5 Å². The highest BCUT2D eigenvalue weighted by atomic mass is 16.5. The Balaban J connectivity index is 2.65.